The Balaban J connectivity index is 1.92. The topological polar surface area (TPSA) is 41.2 Å². The number of aromatic nitrogens is 2. The van der Waals surface area contributed by atoms with Crippen LogP contribution < -0.4 is 4.74 Å². The van der Waals surface area contributed by atoms with Crippen LogP contribution in [-0.4, -0.2) is 34.8 Å². The number of benzene rings is 1. The van der Waals surface area contributed by atoms with E-state index in [0.717, 1.165) is 56.7 Å². The first kappa shape index (κ1) is 20.7. The minimum Gasteiger partial charge on any atom is -0.490 e. The lowest BCUT2D eigenvalue weighted by atomic mass is 9.97. The van der Waals surface area contributed by atoms with Crippen molar-refractivity contribution in [2.24, 2.45) is 0 Å². The van der Waals surface area contributed by atoms with E-state index in [-0.39, 0.29) is 11.9 Å². The van der Waals surface area contributed by atoms with E-state index in [1.165, 1.54) is 6.07 Å². The van der Waals surface area contributed by atoms with E-state index in [1.54, 1.807) is 12.3 Å². The zero-order valence-corrected chi connectivity index (χ0v) is 16.5. The van der Waals surface area contributed by atoms with Gasteiger partial charge in [-0.2, -0.15) is 18.3 Å². The summed E-state index contributed by atoms with van der Waals surface area (Å²) in [5.41, 5.74) is 1.25. The van der Waals surface area contributed by atoms with Crippen molar-refractivity contribution >= 4 is 0 Å². The van der Waals surface area contributed by atoms with Gasteiger partial charge in [-0.25, -0.2) is 0 Å². The molecule has 0 spiro atoms. The number of alkyl halides is 3. The highest BCUT2D eigenvalue weighted by molar-refractivity contribution is 5.66. The Bertz CT molecular complexity index is 766. The quantitative estimate of drug-likeness (QED) is 0.659. The first-order valence-electron chi connectivity index (χ1n) is 9.97. The molecule has 0 aliphatic heterocycles. The van der Waals surface area contributed by atoms with E-state index in [2.05, 4.69) is 22.0 Å². The Labute approximate surface area is 164 Å². The molecule has 1 N–H and O–H groups in total. The highest BCUT2D eigenvalue weighted by Crippen LogP contribution is 2.37. The van der Waals surface area contributed by atoms with Crippen molar-refractivity contribution < 1.29 is 17.9 Å². The number of hydrogen-bond acceptors (Lipinski definition) is 3. The molecule has 154 valence electrons. The summed E-state index contributed by atoms with van der Waals surface area (Å²) < 4.78 is 46.4. The van der Waals surface area contributed by atoms with Gasteiger partial charge in [-0.3, -0.25) is 5.10 Å². The van der Waals surface area contributed by atoms with Crippen molar-refractivity contribution in [2.45, 2.75) is 64.3 Å². The second-order valence-electron chi connectivity index (χ2n) is 7.63. The van der Waals surface area contributed by atoms with Gasteiger partial charge in [0.1, 0.15) is 5.75 Å². The van der Waals surface area contributed by atoms with Crippen molar-refractivity contribution in [2.75, 3.05) is 13.6 Å². The molecule has 0 atom stereocenters. The summed E-state index contributed by atoms with van der Waals surface area (Å²) >= 11 is 0. The van der Waals surface area contributed by atoms with Crippen LogP contribution in [0.3, 0.4) is 0 Å². The number of aromatic amines is 1. The predicted octanol–water partition coefficient (Wildman–Crippen LogP) is 5.65. The zero-order valence-electron chi connectivity index (χ0n) is 16.5. The third-order valence-corrected chi connectivity index (χ3v) is 5.14. The fraction of sp³-hybridized carbons (Fsp3) is 0.571. The van der Waals surface area contributed by atoms with Crippen LogP contribution in [0, 0.1) is 0 Å². The van der Waals surface area contributed by atoms with E-state index >= 15 is 0 Å². The lowest BCUT2D eigenvalue weighted by Gasteiger charge is -2.24. The fourth-order valence-electron chi connectivity index (χ4n) is 3.78. The highest BCUT2D eigenvalue weighted by Gasteiger charge is 2.32. The van der Waals surface area contributed by atoms with Crippen molar-refractivity contribution in [1.82, 2.24) is 15.1 Å². The zero-order chi connectivity index (χ0) is 20.1. The summed E-state index contributed by atoms with van der Waals surface area (Å²) in [4.78, 5) is 2.13. The number of H-pyrrole nitrogens is 1. The maximum Gasteiger partial charge on any atom is 0.416 e. The molecular formula is C21H28F3N3O. The largest absolute Gasteiger partial charge is 0.490 e. The minimum absolute atomic E-state index is 0.0120. The molecular weight excluding hydrogens is 367 g/mol. The van der Waals surface area contributed by atoms with Crippen molar-refractivity contribution in [3.05, 3.63) is 35.5 Å². The molecule has 2 aromatic rings. The summed E-state index contributed by atoms with van der Waals surface area (Å²) in [7, 11) is 1.99. The number of nitrogens with zero attached hydrogens (tertiary/aromatic N) is 2. The van der Waals surface area contributed by atoms with Crippen LogP contribution in [0.15, 0.2) is 24.4 Å². The van der Waals surface area contributed by atoms with Gasteiger partial charge >= 0.3 is 6.18 Å². The molecule has 1 aliphatic carbocycles. The standard InChI is InChI=1S/C21H28F3N3O/c1-3-9-27(2)14-16-13-25-26-20(16)15-10-17(21(22,23)24)12-19(11-15)28-18-7-5-4-6-8-18/h10-13,18H,3-9,14H2,1-2H3,(H,25,26). The number of ether oxygens (including phenoxy) is 1. The number of nitrogens with one attached hydrogen (secondary N) is 1. The molecule has 0 saturated heterocycles. The summed E-state index contributed by atoms with van der Waals surface area (Å²) in [6.07, 6.45) is 3.32. The molecule has 7 heteroatoms. The average Bonchev–Trinajstić information content (AvgIpc) is 3.10. The van der Waals surface area contributed by atoms with Gasteiger partial charge < -0.3 is 9.64 Å². The Kier molecular flexibility index (Phi) is 6.65. The monoisotopic (exact) mass is 395 g/mol. The second-order valence-corrected chi connectivity index (χ2v) is 7.63. The lowest BCUT2D eigenvalue weighted by Crippen LogP contribution is -2.20. The molecule has 0 radical (unpaired) electrons. The molecule has 0 amide bonds. The molecule has 1 aromatic heterocycles. The molecule has 1 heterocycles. The maximum atomic E-state index is 13.5. The normalized spacial score (nSPS) is 15.9. The van der Waals surface area contributed by atoms with Crippen molar-refractivity contribution in [3.63, 3.8) is 0 Å². The molecule has 1 aromatic carbocycles. The smallest absolute Gasteiger partial charge is 0.416 e. The molecule has 28 heavy (non-hydrogen) atoms. The van der Waals surface area contributed by atoms with Gasteiger partial charge in [0, 0.05) is 17.7 Å². The van der Waals surface area contributed by atoms with Crippen molar-refractivity contribution in [3.8, 4) is 17.0 Å². The SMILES string of the molecule is CCCN(C)Cc1cn[nH]c1-c1cc(OC2CCCCC2)cc(C(F)(F)F)c1. The Morgan fingerprint density at radius 3 is 2.61 bits per heavy atom. The van der Waals surface area contributed by atoms with Crippen molar-refractivity contribution in [1.29, 1.82) is 0 Å². The van der Waals surface area contributed by atoms with E-state index in [9.17, 15) is 13.2 Å². The van der Waals surface area contributed by atoms with Crippen LogP contribution >= 0.6 is 0 Å². The van der Waals surface area contributed by atoms with E-state index in [0.29, 0.717) is 17.8 Å². The van der Waals surface area contributed by atoms with Gasteiger partial charge in [-0.1, -0.05) is 13.3 Å². The van der Waals surface area contributed by atoms with Crippen LogP contribution in [0.5, 0.6) is 5.75 Å². The Morgan fingerprint density at radius 2 is 1.93 bits per heavy atom. The maximum absolute atomic E-state index is 13.5. The number of halogens is 3. The van der Waals surface area contributed by atoms with Gasteiger partial charge in [0.15, 0.2) is 0 Å². The highest BCUT2D eigenvalue weighted by atomic mass is 19.4. The minimum atomic E-state index is -4.43. The second kappa shape index (κ2) is 8.99. The van der Waals surface area contributed by atoms with Gasteiger partial charge in [-0.15, -0.1) is 0 Å². The average molecular weight is 395 g/mol. The Hall–Kier alpha value is -2.02. The third-order valence-electron chi connectivity index (χ3n) is 5.14. The molecule has 3 rings (SSSR count). The van der Waals surface area contributed by atoms with Crippen LogP contribution in [-0.2, 0) is 12.7 Å². The summed E-state index contributed by atoms with van der Waals surface area (Å²) in [5.74, 6) is 0.277. The first-order valence-corrected chi connectivity index (χ1v) is 9.97. The first-order chi connectivity index (χ1) is 13.4. The van der Waals surface area contributed by atoms with Gasteiger partial charge in [-0.05, 0) is 63.9 Å². The number of rotatable bonds is 7. The molecule has 1 fully saturated rings. The van der Waals surface area contributed by atoms with Gasteiger partial charge in [0.25, 0.3) is 0 Å². The van der Waals surface area contributed by atoms with Crippen LogP contribution in [0.2, 0.25) is 0 Å². The molecule has 4 nitrogen and oxygen atoms in total. The van der Waals surface area contributed by atoms with E-state index in [1.807, 2.05) is 7.05 Å². The summed E-state index contributed by atoms with van der Waals surface area (Å²) in [6.45, 7) is 3.62. The van der Waals surface area contributed by atoms with Crippen LogP contribution in [0.4, 0.5) is 13.2 Å². The summed E-state index contributed by atoms with van der Waals surface area (Å²) in [6, 6.07) is 3.97. The molecule has 0 unspecified atom stereocenters. The molecule has 1 aliphatic rings. The molecule has 1 saturated carbocycles. The summed E-state index contributed by atoms with van der Waals surface area (Å²) in [5, 5.41) is 6.95. The van der Waals surface area contributed by atoms with Gasteiger partial charge in [0.2, 0.25) is 0 Å². The lowest BCUT2D eigenvalue weighted by molar-refractivity contribution is -0.137. The number of hydrogen-bond donors (Lipinski definition) is 1. The van der Waals surface area contributed by atoms with Gasteiger partial charge in [0.05, 0.1) is 23.6 Å². The van der Waals surface area contributed by atoms with Crippen LogP contribution in [0.25, 0.3) is 11.3 Å². The fourth-order valence-corrected chi connectivity index (χ4v) is 3.78. The van der Waals surface area contributed by atoms with E-state index < -0.39 is 11.7 Å². The predicted molar refractivity (Wildman–Crippen MR) is 103 cm³/mol. The third kappa shape index (κ3) is 5.28. The van der Waals surface area contributed by atoms with E-state index in [4.69, 9.17) is 4.74 Å². The van der Waals surface area contributed by atoms with Crippen LogP contribution in [0.1, 0.15) is 56.6 Å². The molecule has 0 bridgehead atoms. The Morgan fingerprint density at radius 1 is 1.18 bits per heavy atom.